The Kier molecular flexibility index (Phi) is 9.14. The Morgan fingerprint density at radius 2 is 2.06 bits per heavy atom. The lowest BCUT2D eigenvalue weighted by Gasteiger charge is -2.14. The first-order chi connectivity index (χ1) is 8.11. The van der Waals surface area contributed by atoms with Crippen molar-refractivity contribution in [3.8, 4) is 0 Å². The van der Waals surface area contributed by atoms with Crippen LogP contribution in [0.1, 0.15) is 33.1 Å². The van der Waals surface area contributed by atoms with Crippen LogP contribution in [0, 0.1) is 0 Å². The van der Waals surface area contributed by atoms with Crippen molar-refractivity contribution in [3.05, 3.63) is 0 Å². The SMILES string of the molecule is CCCC[C@H](NC(=O)NCCOCC)C(=O)O. The Balaban J connectivity index is 3.83. The van der Waals surface area contributed by atoms with E-state index in [-0.39, 0.29) is 0 Å². The van der Waals surface area contributed by atoms with Crippen molar-refractivity contribution < 1.29 is 19.4 Å². The number of hydrogen-bond acceptors (Lipinski definition) is 3. The fraction of sp³-hybridized carbons (Fsp3) is 0.818. The normalized spacial score (nSPS) is 11.9. The molecule has 0 fully saturated rings. The van der Waals surface area contributed by atoms with Crippen molar-refractivity contribution in [2.75, 3.05) is 19.8 Å². The highest BCUT2D eigenvalue weighted by Gasteiger charge is 2.18. The van der Waals surface area contributed by atoms with Crippen LogP contribution in [0.4, 0.5) is 4.79 Å². The van der Waals surface area contributed by atoms with E-state index in [0.29, 0.717) is 26.2 Å². The van der Waals surface area contributed by atoms with Gasteiger partial charge in [-0.2, -0.15) is 0 Å². The number of nitrogens with one attached hydrogen (secondary N) is 2. The van der Waals surface area contributed by atoms with E-state index in [1.54, 1.807) is 0 Å². The Hall–Kier alpha value is -1.30. The van der Waals surface area contributed by atoms with Crippen LogP contribution >= 0.6 is 0 Å². The van der Waals surface area contributed by atoms with Gasteiger partial charge in [-0.15, -0.1) is 0 Å². The third kappa shape index (κ3) is 8.50. The Labute approximate surface area is 102 Å². The molecule has 3 N–H and O–H groups in total. The maximum absolute atomic E-state index is 11.3. The van der Waals surface area contributed by atoms with Crippen LogP contribution in [-0.4, -0.2) is 42.9 Å². The first-order valence-electron chi connectivity index (χ1n) is 5.96. The van der Waals surface area contributed by atoms with Crippen molar-refractivity contribution in [2.45, 2.75) is 39.2 Å². The van der Waals surface area contributed by atoms with E-state index in [1.165, 1.54) is 0 Å². The number of carboxylic acid groups (broad SMARTS) is 1. The molecule has 0 aromatic heterocycles. The van der Waals surface area contributed by atoms with Gasteiger partial charge >= 0.3 is 12.0 Å². The summed E-state index contributed by atoms with van der Waals surface area (Å²) in [6, 6.07) is -1.28. The van der Waals surface area contributed by atoms with Gasteiger partial charge in [-0.1, -0.05) is 19.8 Å². The number of urea groups is 1. The van der Waals surface area contributed by atoms with E-state index in [9.17, 15) is 9.59 Å². The number of aliphatic carboxylic acids is 1. The molecule has 17 heavy (non-hydrogen) atoms. The summed E-state index contributed by atoms with van der Waals surface area (Å²) < 4.78 is 5.04. The van der Waals surface area contributed by atoms with E-state index in [4.69, 9.17) is 9.84 Å². The van der Waals surface area contributed by atoms with Gasteiger partial charge in [0.1, 0.15) is 6.04 Å². The van der Waals surface area contributed by atoms with Gasteiger partial charge in [-0.3, -0.25) is 0 Å². The van der Waals surface area contributed by atoms with Crippen LogP contribution in [0.2, 0.25) is 0 Å². The van der Waals surface area contributed by atoms with Crippen molar-refractivity contribution in [1.29, 1.82) is 0 Å². The van der Waals surface area contributed by atoms with Gasteiger partial charge in [0.2, 0.25) is 0 Å². The van der Waals surface area contributed by atoms with Gasteiger partial charge in [-0.05, 0) is 13.3 Å². The molecule has 0 aliphatic carbocycles. The van der Waals surface area contributed by atoms with Gasteiger partial charge < -0.3 is 20.5 Å². The maximum atomic E-state index is 11.3. The molecule has 0 aromatic carbocycles. The number of amides is 2. The lowest BCUT2D eigenvalue weighted by atomic mass is 10.1. The predicted octanol–water partition coefficient (Wildman–Crippen LogP) is 0.965. The molecule has 0 heterocycles. The molecule has 0 bridgehead atoms. The fourth-order valence-corrected chi connectivity index (χ4v) is 1.26. The zero-order valence-corrected chi connectivity index (χ0v) is 10.5. The lowest BCUT2D eigenvalue weighted by molar-refractivity contribution is -0.139. The third-order valence-corrected chi connectivity index (χ3v) is 2.19. The second-order valence-electron chi connectivity index (χ2n) is 3.63. The van der Waals surface area contributed by atoms with Crippen LogP contribution in [0.25, 0.3) is 0 Å². The molecule has 0 aromatic rings. The highest BCUT2D eigenvalue weighted by molar-refractivity contribution is 5.82. The molecule has 100 valence electrons. The Morgan fingerprint density at radius 3 is 2.59 bits per heavy atom. The van der Waals surface area contributed by atoms with Crippen molar-refractivity contribution >= 4 is 12.0 Å². The van der Waals surface area contributed by atoms with Crippen molar-refractivity contribution in [2.24, 2.45) is 0 Å². The Bertz CT molecular complexity index is 234. The van der Waals surface area contributed by atoms with Crippen LogP contribution in [0.5, 0.6) is 0 Å². The van der Waals surface area contributed by atoms with Gasteiger partial charge in [0.05, 0.1) is 6.61 Å². The summed E-state index contributed by atoms with van der Waals surface area (Å²) in [5.74, 6) is -1.00. The number of carbonyl (C=O) groups is 2. The zero-order chi connectivity index (χ0) is 13.1. The molecule has 0 rings (SSSR count). The molecule has 0 unspecified atom stereocenters. The monoisotopic (exact) mass is 246 g/mol. The molecule has 1 atom stereocenters. The van der Waals surface area contributed by atoms with Crippen LogP contribution in [-0.2, 0) is 9.53 Å². The molecule has 6 nitrogen and oxygen atoms in total. The molecule has 0 spiro atoms. The minimum Gasteiger partial charge on any atom is -0.480 e. The van der Waals surface area contributed by atoms with Gasteiger partial charge in [0.15, 0.2) is 0 Å². The first-order valence-corrected chi connectivity index (χ1v) is 5.96. The minimum atomic E-state index is -1.00. The topological polar surface area (TPSA) is 87.7 Å². The minimum absolute atomic E-state index is 0.375. The summed E-state index contributed by atoms with van der Waals surface area (Å²) in [6.07, 6.45) is 2.12. The van der Waals surface area contributed by atoms with Crippen LogP contribution < -0.4 is 10.6 Å². The molecule has 0 radical (unpaired) electrons. The molecular weight excluding hydrogens is 224 g/mol. The van der Waals surface area contributed by atoms with Crippen molar-refractivity contribution in [3.63, 3.8) is 0 Å². The summed E-state index contributed by atoms with van der Waals surface area (Å²) >= 11 is 0. The summed E-state index contributed by atoms with van der Waals surface area (Å²) in [5, 5.41) is 13.9. The third-order valence-electron chi connectivity index (χ3n) is 2.19. The largest absolute Gasteiger partial charge is 0.480 e. The molecular formula is C11H22N2O4. The number of ether oxygens (including phenoxy) is 1. The van der Waals surface area contributed by atoms with Gasteiger partial charge in [0.25, 0.3) is 0 Å². The number of carboxylic acids is 1. The van der Waals surface area contributed by atoms with Crippen molar-refractivity contribution in [1.82, 2.24) is 10.6 Å². The lowest BCUT2D eigenvalue weighted by Crippen LogP contribution is -2.46. The standard InChI is InChI=1S/C11H22N2O4/c1-3-5-6-9(10(14)15)13-11(16)12-7-8-17-4-2/h9H,3-8H2,1-2H3,(H,14,15)(H2,12,13,16)/t9-/m0/s1. The number of unbranched alkanes of at least 4 members (excludes halogenated alkanes) is 1. The predicted molar refractivity (Wildman–Crippen MR) is 64.0 cm³/mol. The summed E-state index contributed by atoms with van der Waals surface area (Å²) in [5.41, 5.74) is 0. The smallest absolute Gasteiger partial charge is 0.326 e. The number of rotatable bonds is 9. The van der Waals surface area contributed by atoms with Gasteiger partial charge in [0, 0.05) is 13.2 Å². The second-order valence-corrected chi connectivity index (χ2v) is 3.63. The molecule has 0 aliphatic heterocycles. The van der Waals surface area contributed by atoms with E-state index >= 15 is 0 Å². The summed E-state index contributed by atoms with van der Waals surface area (Å²) in [7, 11) is 0. The molecule has 2 amide bonds. The van der Waals surface area contributed by atoms with E-state index in [1.807, 2.05) is 13.8 Å². The summed E-state index contributed by atoms with van der Waals surface area (Å²) in [6.45, 7) is 5.24. The first kappa shape index (κ1) is 15.7. The fourth-order valence-electron chi connectivity index (χ4n) is 1.26. The average Bonchev–Trinajstić information content (AvgIpc) is 2.29. The van der Waals surface area contributed by atoms with Gasteiger partial charge in [-0.25, -0.2) is 9.59 Å². The molecule has 0 aliphatic rings. The summed E-state index contributed by atoms with van der Waals surface area (Å²) in [4.78, 5) is 22.2. The second kappa shape index (κ2) is 9.89. The van der Waals surface area contributed by atoms with Crippen LogP contribution in [0.3, 0.4) is 0 Å². The highest BCUT2D eigenvalue weighted by atomic mass is 16.5. The average molecular weight is 246 g/mol. The van der Waals surface area contributed by atoms with E-state index < -0.39 is 18.0 Å². The maximum Gasteiger partial charge on any atom is 0.326 e. The highest BCUT2D eigenvalue weighted by Crippen LogP contribution is 2.00. The van der Waals surface area contributed by atoms with Crippen LogP contribution in [0.15, 0.2) is 0 Å². The number of carbonyl (C=O) groups excluding carboxylic acids is 1. The molecule has 0 saturated heterocycles. The van der Waals surface area contributed by atoms with E-state index in [0.717, 1.165) is 12.8 Å². The zero-order valence-electron chi connectivity index (χ0n) is 10.5. The number of hydrogen-bond donors (Lipinski definition) is 3. The Morgan fingerprint density at radius 1 is 1.35 bits per heavy atom. The van der Waals surface area contributed by atoms with E-state index in [2.05, 4.69) is 10.6 Å². The quantitative estimate of drug-likeness (QED) is 0.529. The molecule has 0 saturated carbocycles. The molecule has 6 heteroatoms.